The minimum atomic E-state index is -0.434. The lowest BCUT2D eigenvalue weighted by Gasteiger charge is -2.21. The van der Waals surface area contributed by atoms with Crippen molar-refractivity contribution in [2.75, 3.05) is 0 Å². The first-order valence-electron chi connectivity index (χ1n) is 3.74. The molecule has 1 aromatic rings. The Hall–Kier alpha value is -1.26. The quantitative estimate of drug-likeness (QED) is 0.682. The van der Waals surface area contributed by atoms with Gasteiger partial charge in [-0.3, -0.25) is 0 Å². The van der Waals surface area contributed by atoms with Crippen LogP contribution in [0.5, 0.6) is 0 Å². The van der Waals surface area contributed by atoms with Crippen LogP contribution in [0.3, 0.4) is 0 Å². The largest absolute Gasteiger partial charge is 0.198 e. The smallest absolute Gasteiger partial charge is 0.142 e. The van der Waals surface area contributed by atoms with Gasteiger partial charge in [-0.15, -0.1) is 0 Å². The average molecular weight is 168 g/mol. The van der Waals surface area contributed by atoms with Crippen molar-refractivity contribution in [3.63, 3.8) is 0 Å². The summed E-state index contributed by atoms with van der Waals surface area (Å²) >= 11 is 0. The molecule has 0 spiro atoms. The van der Waals surface area contributed by atoms with Gasteiger partial charge < -0.3 is 0 Å². The number of nitrogens with zero attached hydrogens (tertiary/aromatic N) is 3. The number of nitroso groups, excluding NO2 is 1. The Balaban J connectivity index is 2.91. The molecule has 0 amide bonds. The van der Waals surface area contributed by atoms with Crippen LogP contribution in [0.1, 0.15) is 32.5 Å². The summed E-state index contributed by atoms with van der Waals surface area (Å²) in [5.74, 6) is 0. The Morgan fingerprint density at radius 2 is 2.25 bits per heavy atom. The summed E-state index contributed by atoms with van der Waals surface area (Å²) in [6.07, 6.45) is 1.53. The SMILES string of the molecule is CC(C)(C)C(N=O)c1cn[nH]n1. The Labute approximate surface area is 70.5 Å². The molecule has 1 atom stereocenters. The molecule has 0 saturated carbocycles. The van der Waals surface area contributed by atoms with E-state index in [1.165, 1.54) is 6.20 Å². The number of rotatable bonds is 2. The van der Waals surface area contributed by atoms with E-state index in [0.29, 0.717) is 5.69 Å². The van der Waals surface area contributed by atoms with E-state index >= 15 is 0 Å². The fraction of sp³-hybridized carbons (Fsp3) is 0.714. The van der Waals surface area contributed by atoms with Gasteiger partial charge in [0.15, 0.2) is 0 Å². The zero-order valence-corrected chi connectivity index (χ0v) is 7.40. The van der Waals surface area contributed by atoms with Gasteiger partial charge in [-0.25, -0.2) is 0 Å². The normalized spacial score (nSPS) is 14.2. The summed E-state index contributed by atoms with van der Waals surface area (Å²) in [4.78, 5) is 10.5. The predicted octanol–water partition coefficient (Wildman–Crippen LogP) is 1.66. The number of hydrogen-bond acceptors (Lipinski definition) is 4. The maximum atomic E-state index is 10.5. The van der Waals surface area contributed by atoms with Gasteiger partial charge in [0.2, 0.25) is 0 Å². The van der Waals surface area contributed by atoms with Gasteiger partial charge in [-0.05, 0) is 5.41 Å². The maximum absolute atomic E-state index is 10.5. The molecule has 0 fully saturated rings. The van der Waals surface area contributed by atoms with Crippen molar-refractivity contribution in [1.29, 1.82) is 0 Å². The molecule has 0 aliphatic carbocycles. The van der Waals surface area contributed by atoms with Gasteiger partial charge in [0.25, 0.3) is 0 Å². The lowest BCUT2D eigenvalue weighted by atomic mass is 9.86. The molecule has 12 heavy (non-hydrogen) atoms. The molecule has 0 aliphatic heterocycles. The van der Waals surface area contributed by atoms with E-state index in [0.717, 1.165) is 0 Å². The molecule has 0 radical (unpaired) electrons. The van der Waals surface area contributed by atoms with E-state index in [2.05, 4.69) is 20.6 Å². The van der Waals surface area contributed by atoms with Crippen LogP contribution in [-0.4, -0.2) is 15.4 Å². The Morgan fingerprint density at radius 1 is 1.58 bits per heavy atom. The highest BCUT2D eigenvalue weighted by molar-refractivity contribution is 5.04. The van der Waals surface area contributed by atoms with Gasteiger partial charge in [0, 0.05) is 0 Å². The molecule has 1 unspecified atom stereocenters. The first-order valence-corrected chi connectivity index (χ1v) is 3.74. The summed E-state index contributed by atoms with van der Waals surface area (Å²) in [5, 5.41) is 12.9. The molecule has 1 rings (SSSR count). The minimum absolute atomic E-state index is 0.210. The molecule has 5 nitrogen and oxygen atoms in total. The zero-order valence-electron chi connectivity index (χ0n) is 7.40. The third kappa shape index (κ3) is 1.66. The van der Waals surface area contributed by atoms with Gasteiger partial charge in [0.1, 0.15) is 11.7 Å². The Morgan fingerprint density at radius 3 is 2.58 bits per heavy atom. The lowest BCUT2D eigenvalue weighted by molar-refractivity contribution is 0.321. The summed E-state index contributed by atoms with van der Waals surface area (Å²) < 4.78 is 0. The molecule has 5 heteroatoms. The lowest BCUT2D eigenvalue weighted by Crippen LogP contribution is -2.16. The second-order valence-electron chi connectivity index (χ2n) is 3.77. The summed E-state index contributed by atoms with van der Waals surface area (Å²) in [6, 6.07) is -0.434. The molecule has 0 bridgehead atoms. The van der Waals surface area contributed by atoms with Crippen LogP contribution in [0.15, 0.2) is 11.4 Å². The molecule has 0 aromatic carbocycles. The van der Waals surface area contributed by atoms with Gasteiger partial charge >= 0.3 is 0 Å². The van der Waals surface area contributed by atoms with E-state index in [4.69, 9.17) is 0 Å². The summed E-state index contributed by atoms with van der Waals surface area (Å²) in [7, 11) is 0. The monoisotopic (exact) mass is 168 g/mol. The minimum Gasteiger partial charge on any atom is -0.198 e. The maximum Gasteiger partial charge on any atom is 0.142 e. The molecule has 1 aromatic heterocycles. The van der Waals surface area contributed by atoms with E-state index in [1.54, 1.807) is 0 Å². The standard InChI is InChI=1S/C7H12N4O/c1-7(2,3)6(10-12)5-4-8-11-9-5/h4,6H,1-3H3,(H,8,9,11). The third-order valence-corrected chi connectivity index (χ3v) is 1.64. The first kappa shape index (κ1) is 8.83. The van der Waals surface area contributed by atoms with Crippen molar-refractivity contribution in [2.45, 2.75) is 26.8 Å². The Kier molecular flexibility index (Phi) is 2.21. The topological polar surface area (TPSA) is 71.0 Å². The van der Waals surface area contributed by atoms with Crippen LogP contribution in [0.2, 0.25) is 0 Å². The number of H-pyrrole nitrogens is 1. The van der Waals surface area contributed by atoms with Crippen molar-refractivity contribution < 1.29 is 0 Å². The molecular weight excluding hydrogens is 156 g/mol. The van der Waals surface area contributed by atoms with Crippen LogP contribution < -0.4 is 0 Å². The molecule has 66 valence electrons. The molecule has 1 N–H and O–H groups in total. The Bertz CT molecular complexity index is 249. The van der Waals surface area contributed by atoms with Crippen molar-refractivity contribution in [1.82, 2.24) is 15.4 Å². The second kappa shape index (κ2) is 3.00. The zero-order chi connectivity index (χ0) is 9.19. The van der Waals surface area contributed by atoms with Crippen molar-refractivity contribution in [3.8, 4) is 0 Å². The summed E-state index contributed by atoms with van der Waals surface area (Å²) in [5.41, 5.74) is 0.385. The van der Waals surface area contributed by atoms with Crippen molar-refractivity contribution in [3.05, 3.63) is 16.8 Å². The fourth-order valence-electron chi connectivity index (χ4n) is 0.998. The van der Waals surface area contributed by atoms with E-state index in [1.807, 2.05) is 20.8 Å². The number of nitrogens with one attached hydrogen (secondary N) is 1. The third-order valence-electron chi connectivity index (χ3n) is 1.64. The van der Waals surface area contributed by atoms with Crippen molar-refractivity contribution >= 4 is 0 Å². The molecular formula is C7H12N4O. The number of hydrogen-bond donors (Lipinski definition) is 1. The molecule has 0 aliphatic rings. The van der Waals surface area contributed by atoms with Crippen LogP contribution in [0.25, 0.3) is 0 Å². The van der Waals surface area contributed by atoms with Crippen LogP contribution in [0.4, 0.5) is 0 Å². The van der Waals surface area contributed by atoms with Gasteiger partial charge in [0.05, 0.1) is 6.20 Å². The molecule has 1 heterocycles. The van der Waals surface area contributed by atoms with Crippen LogP contribution in [0, 0.1) is 10.3 Å². The van der Waals surface area contributed by atoms with Gasteiger partial charge in [-0.1, -0.05) is 25.9 Å². The van der Waals surface area contributed by atoms with E-state index in [-0.39, 0.29) is 5.41 Å². The highest BCUT2D eigenvalue weighted by Crippen LogP contribution is 2.34. The summed E-state index contributed by atoms with van der Waals surface area (Å²) in [6.45, 7) is 5.81. The van der Waals surface area contributed by atoms with Crippen molar-refractivity contribution in [2.24, 2.45) is 10.6 Å². The van der Waals surface area contributed by atoms with E-state index < -0.39 is 6.04 Å². The van der Waals surface area contributed by atoms with E-state index in [9.17, 15) is 4.91 Å². The number of aromatic nitrogens is 3. The fourth-order valence-corrected chi connectivity index (χ4v) is 0.998. The predicted molar refractivity (Wildman–Crippen MR) is 44.4 cm³/mol. The first-order chi connectivity index (χ1) is 5.55. The average Bonchev–Trinajstić information content (AvgIpc) is 2.38. The number of aromatic amines is 1. The second-order valence-corrected chi connectivity index (χ2v) is 3.77. The highest BCUT2D eigenvalue weighted by Gasteiger charge is 2.29. The van der Waals surface area contributed by atoms with Crippen LogP contribution >= 0.6 is 0 Å². The highest BCUT2D eigenvalue weighted by atomic mass is 16.3. The van der Waals surface area contributed by atoms with Crippen LogP contribution in [-0.2, 0) is 0 Å². The molecule has 0 saturated heterocycles. The van der Waals surface area contributed by atoms with Gasteiger partial charge in [-0.2, -0.15) is 20.3 Å².